The molecule has 1 aromatic carbocycles. The summed E-state index contributed by atoms with van der Waals surface area (Å²) in [6.07, 6.45) is 5.20. The predicted octanol–water partition coefficient (Wildman–Crippen LogP) is 2.90. The minimum absolute atomic E-state index is 0.0462. The van der Waals surface area contributed by atoms with Gasteiger partial charge in [0.25, 0.3) is 15.7 Å². The molecular formula is C16H24N4O4S2. The van der Waals surface area contributed by atoms with Crippen molar-refractivity contribution in [3.05, 3.63) is 28.3 Å². The second-order valence-corrected chi connectivity index (χ2v) is 8.71. The van der Waals surface area contributed by atoms with Crippen LogP contribution in [0.25, 0.3) is 0 Å². The van der Waals surface area contributed by atoms with Gasteiger partial charge in [0.1, 0.15) is 4.90 Å². The second kappa shape index (κ2) is 8.63. The van der Waals surface area contributed by atoms with E-state index in [9.17, 15) is 18.5 Å². The zero-order chi connectivity index (χ0) is 19.3. The molecule has 8 nitrogen and oxygen atoms in total. The average molecular weight is 401 g/mol. The van der Waals surface area contributed by atoms with E-state index in [4.69, 9.17) is 12.2 Å². The van der Waals surface area contributed by atoms with Gasteiger partial charge in [-0.2, -0.15) is 0 Å². The molecule has 0 aromatic heterocycles. The third-order valence-corrected chi connectivity index (χ3v) is 5.82. The zero-order valence-electron chi connectivity index (χ0n) is 14.8. The number of hydrogen-bond donors (Lipinski definition) is 3. The lowest BCUT2D eigenvalue weighted by Crippen LogP contribution is -2.42. The number of anilines is 1. The molecule has 0 bridgehead atoms. The number of benzene rings is 1. The standard InChI is InChI=1S/C16H24N4O4S2/c1-11(2)17-16(25)19-26(23,24)15-10-13(20(21)22)8-9-14(15)18-12-6-4-3-5-7-12/h8-12,18H,3-7H2,1-2H3,(H2,17,19,25). The molecule has 1 aliphatic rings. The Hall–Kier alpha value is -1.94. The fourth-order valence-electron chi connectivity index (χ4n) is 2.90. The molecule has 1 aromatic rings. The first-order chi connectivity index (χ1) is 12.2. The van der Waals surface area contributed by atoms with E-state index in [1.807, 2.05) is 13.8 Å². The van der Waals surface area contributed by atoms with Gasteiger partial charge in [0.2, 0.25) is 0 Å². The van der Waals surface area contributed by atoms with Crippen LogP contribution >= 0.6 is 12.2 Å². The van der Waals surface area contributed by atoms with E-state index in [1.165, 1.54) is 18.6 Å². The van der Waals surface area contributed by atoms with Crippen molar-refractivity contribution in [3.63, 3.8) is 0 Å². The normalized spacial score (nSPS) is 15.5. The van der Waals surface area contributed by atoms with E-state index in [1.54, 1.807) is 0 Å². The van der Waals surface area contributed by atoms with Crippen LogP contribution in [0.4, 0.5) is 11.4 Å². The Labute approximate surface area is 158 Å². The number of nitro groups is 1. The van der Waals surface area contributed by atoms with Gasteiger partial charge in [-0.15, -0.1) is 0 Å². The summed E-state index contributed by atoms with van der Waals surface area (Å²) in [5, 5.41) is 17.1. The molecule has 0 radical (unpaired) electrons. The molecule has 0 spiro atoms. The van der Waals surface area contributed by atoms with Crippen molar-refractivity contribution in [2.45, 2.75) is 62.9 Å². The molecule has 1 fully saturated rings. The van der Waals surface area contributed by atoms with Crippen LogP contribution in [0.3, 0.4) is 0 Å². The van der Waals surface area contributed by atoms with Crippen molar-refractivity contribution in [2.75, 3.05) is 5.32 Å². The minimum Gasteiger partial charge on any atom is -0.381 e. The summed E-state index contributed by atoms with van der Waals surface area (Å²) < 4.78 is 27.8. The van der Waals surface area contributed by atoms with Gasteiger partial charge in [0.15, 0.2) is 5.11 Å². The van der Waals surface area contributed by atoms with Crippen molar-refractivity contribution >= 4 is 38.7 Å². The van der Waals surface area contributed by atoms with Gasteiger partial charge in [-0.05, 0) is 45.0 Å². The zero-order valence-corrected chi connectivity index (χ0v) is 16.5. The summed E-state index contributed by atoms with van der Waals surface area (Å²) in [6, 6.07) is 3.91. The quantitative estimate of drug-likeness (QED) is 0.382. The smallest absolute Gasteiger partial charge is 0.270 e. The minimum atomic E-state index is -4.06. The Balaban J connectivity index is 2.33. The highest BCUT2D eigenvalue weighted by Gasteiger charge is 2.25. The highest BCUT2D eigenvalue weighted by Crippen LogP contribution is 2.29. The molecule has 0 saturated heterocycles. The maximum Gasteiger partial charge on any atom is 0.270 e. The van der Waals surface area contributed by atoms with Crippen molar-refractivity contribution in [2.24, 2.45) is 0 Å². The van der Waals surface area contributed by atoms with Crippen molar-refractivity contribution < 1.29 is 13.3 Å². The Morgan fingerprint density at radius 2 is 1.92 bits per heavy atom. The summed E-state index contributed by atoms with van der Waals surface area (Å²) in [7, 11) is -4.06. The molecule has 0 amide bonds. The summed E-state index contributed by atoms with van der Waals surface area (Å²) in [5.41, 5.74) is 0.0599. The van der Waals surface area contributed by atoms with Crippen LogP contribution in [0.5, 0.6) is 0 Å². The van der Waals surface area contributed by atoms with E-state index in [-0.39, 0.29) is 27.8 Å². The van der Waals surface area contributed by atoms with Gasteiger partial charge >= 0.3 is 0 Å². The van der Waals surface area contributed by atoms with Crippen LogP contribution in [-0.4, -0.2) is 30.5 Å². The fraction of sp³-hybridized carbons (Fsp3) is 0.562. The molecule has 1 aliphatic carbocycles. The van der Waals surface area contributed by atoms with Gasteiger partial charge in [-0.3, -0.25) is 14.8 Å². The van der Waals surface area contributed by atoms with Gasteiger partial charge in [-0.1, -0.05) is 19.3 Å². The molecule has 144 valence electrons. The number of rotatable bonds is 6. The summed E-state index contributed by atoms with van der Waals surface area (Å²) in [6.45, 7) is 3.65. The summed E-state index contributed by atoms with van der Waals surface area (Å²) in [4.78, 5) is 10.3. The fourth-order valence-corrected chi connectivity index (χ4v) is 4.57. The number of sulfonamides is 1. The molecule has 0 unspecified atom stereocenters. The van der Waals surface area contributed by atoms with Crippen molar-refractivity contribution in [3.8, 4) is 0 Å². The van der Waals surface area contributed by atoms with Crippen molar-refractivity contribution in [1.29, 1.82) is 0 Å². The van der Waals surface area contributed by atoms with Crippen LogP contribution in [-0.2, 0) is 10.0 Å². The maximum absolute atomic E-state index is 12.8. The first-order valence-corrected chi connectivity index (χ1v) is 10.5. The Morgan fingerprint density at radius 3 is 2.50 bits per heavy atom. The van der Waals surface area contributed by atoms with E-state index in [0.29, 0.717) is 5.69 Å². The third-order valence-electron chi connectivity index (χ3n) is 4.08. The number of nitrogens with one attached hydrogen (secondary N) is 3. The van der Waals surface area contributed by atoms with Gasteiger partial charge in [0, 0.05) is 24.2 Å². The van der Waals surface area contributed by atoms with Crippen LogP contribution in [0.2, 0.25) is 0 Å². The topological polar surface area (TPSA) is 113 Å². The molecule has 2 rings (SSSR count). The van der Waals surface area contributed by atoms with Crippen LogP contribution in [0.1, 0.15) is 46.0 Å². The number of nitro benzene ring substituents is 1. The first kappa shape index (κ1) is 20.4. The molecule has 3 N–H and O–H groups in total. The lowest BCUT2D eigenvalue weighted by Gasteiger charge is -2.25. The van der Waals surface area contributed by atoms with E-state index in [0.717, 1.165) is 31.7 Å². The highest BCUT2D eigenvalue weighted by atomic mass is 32.2. The molecule has 1 saturated carbocycles. The number of hydrogen-bond acceptors (Lipinski definition) is 6. The van der Waals surface area contributed by atoms with Crippen LogP contribution in [0, 0.1) is 10.1 Å². The lowest BCUT2D eigenvalue weighted by molar-refractivity contribution is -0.385. The highest BCUT2D eigenvalue weighted by molar-refractivity contribution is 7.92. The molecule has 0 aliphatic heterocycles. The molecular weight excluding hydrogens is 376 g/mol. The largest absolute Gasteiger partial charge is 0.381 e. The van der Waals surface area contributed by atoms with Crippen LogP contribution in [0.15, 0.2) is 23.1 Å². The monoisotopic (exact) mass is 400 g/mol. The Bertz CT molecular complexity index is 774. The third kappa shape index (κ3) is 5.53. The summed E-state index contributed by atoms with van der Waals surface area (Å²) in [5.74, 6) is 0. The van der Waals surface area contributed by atoms with Gasteiger partial charge in [0.05, 0.1) is 10.6 Å². The summed E-state index contributed by atoms with van der Waals surface area (Å²) >= 11 is 5.01. The van der Waals surface area contributed by atoms with Crippen LogP contribution < -0.4 is 15.4 Å². The predicted molar refractivity (Wildman–Crippen MR) is 105 cm³/mol. The Morgan fingerprint density at radius 1 is 1.27 bits per heavy atom. The maximum atomic E-state index is 12.8. The Kier molecular flexibility index (Phi) is 6.76. The van der Waals surface area contributed by atoms with E-state index >= 15 is 0 Å². The second-order valence-electron chi connectivity index (χ2n) is 6.65. The molecule has 10 heteroatoms. The van der Waals surface area contributed by atoms with Crippen molar-refractivity contribution in [1.82, 2.24) is 10.0 Å². The molecule has 0 heterocycles. The van der Waals surface area contributed by atoms with Gasteiger partial charge < -0.3 is 10.6 Å². The van der Waals surface area contributed by atoms with Gasteiger partial charge in [-0.25, -0.2) is 8.42 Å². The number of non-ortho nitro benzene ring substituents is 1. The molecule has 26 heavy (non-hydrogen) atoms. The number of thiocarbonyl (C=S) groups is 1. The molecule has 0 atom stereocenters. The first-order valence-electron chi connectivity index (χ1n) is 8.57. The lowest BCUT2D eigenvalue weighted by atomic mass is 9.95. The average Bonchev–Trinajstić information content (AvgIpc) is 2.54. The van der Waals surface area contributed by atoms with E-state index in [2.05, 4.69) is 15.4 Å². The number of nitrogens with zero attached hydrogens (tertiary/aromatic N) is 1. The van der Waals surface area contributed by atoms with E-state index < -0.39 is 14.9 Å². The SMILES string of the molecule is CC(C)NC(=S)NS(=O)(=O)c1cc([N+](=O)[O-])ccc1NC1CCCCC1.